The summed E-state index contributed by atoms with van der Waals surface area (Å²) >= 11 is 0. The Morgan fingerprint density at radius 1 is 1.15 bits per heavy atom. The molecule has 1 aliphatic carbocycles. The van der Waals surface area contributed by atoms with Crippen molar-refractivity contribution in [3.05, 3.63) is 36.3 Å². The van der Waals surface area contributed by atoms with E-state index in [4.69, 9.17) is 14.9 Å². The summed E-state index contributed by atoms with van der Waals surface area (Å²) in [6.07, 6.45) is 10.5. The van der Waals surface area contributed by atoms with E-state index < -0.39 is 0 Å². The Labute approximate surface area is 199 Å². The van der Waals surface area contributed by atoms with E-state index in [2.05, 4.69) is 20.4 Å². The fraction of sp³-hybridized carbons (Fsp3) is 0.500. The van der Waals surface area contributed by atoms with Crippen molar-refractivity contribution < 1.29 is 14.7 Å². The van der Waals surface area contributed by atoms with Gasteiger partial charge in [-0.2, -0.15) is 4.98 Å². The summed E-state index contributed by atoms with van der Waals surface area (Å²) in [6.45, 7) is 2.48. The SMILES string of the molecule is Cc1nc2nc(N(NC3CCCCC3)c3ccc(OCCCCCC(=O)NO)cc3)ncc2[nH]1. The van der Waals surface area contributed by atoms with Crippen LogP contribution in [0.2, 0.25) is 0 Å². The van der Waals surface area contributed by atoms with Gasteiger partial charge in [0.25, 0.3) is 0 Å². The number of aromatic amines is 1. The molecule has 0 atom stereocenters. The number of nitrogens with zero attached hydrogens (tertiary/aromatic N) is 4. The minimum Gasteiger partial charge on any atom is -0.494 e. The number of fused-ring (bicyclic) bond motifs is 1. The third kappa shape index (κ3) is 6.42. The maximum absolute atomic E-state index is 11.0. The molecule has 0 spiro atoms. The number of unbranched alkanes of at least 4 members (excludes halogenated alkanes) is 2. The number of rotatable bonds is 11. The van der Waals surface area contributed by atoms with Crippen LogP contribution in [0.4, 0.5) is 11.6 Å². The number of H-pyrrole nitrogens is 1. The summed E-state index contributed by atoms with van der Waals surface area (Å²) in [5, 5.41) is 10.5. The normalized spacial score (nSPS) is 14.3. The predicted octanol–water partition coefficient (Wildman–Crippen LogP) is 4.08. The first-order chi connectivity index (χ1) is 16.6. The average Bonchev–Trinajstić information content (AvgIpc) is 3.24. The molecule has 0 bridgehead atoms. The van der Waals surface area contributed by atoms with Gasteiger partial charge in [-0.15, -0.1) is 0 Å². The number of nitrogens with one attached hydrogen (secondary N) is 3. The van der Waals surface area contributed by atoms with Gasteiger partial charge >= 0.3 is 0 Å². The summed E-state index contributed by atoms with van der Waals surface area (Å²) in [5.41, 5.74) is 7.69. The third-order valence-electron chi connectivity index (χ3n) is 6.00. The van der Waals surface area contributed by atoms with Gasteiger partial charge in [0.2, 0.25) is 11.9 Å². The van der Waals surface area contributed by atoms with Crippen molar-refractivity contribution >= 4 is 28.7 Å². The van der Waals surface area contributed by atoms with Crippen LogP contribution < -0.4 is 20.7 Å². The highest BCUT2D eigenvalue weighted by Crippen LogP contribution is 2.27. The number of carbonyl (C=O) groups is 1. The molecule has 1 aliphatic rings. The van der Waals surface area contributed by atoms with E-state index in [9.17, 15) is 4.79 Å². The number of aromatic nitrogens is 4. The number of hydrogen-bond donors (Lipinski definition) is 4. The molecule has 1 saturated carbocycles. The van der Waals surface area contributed by atoms with E-state index in [1.54, 1.807) is 11.7 Å². The standard InChI is InChI=1S/C24H33N7O3/c1-17-26-21-16-25-24(28-23(21)27-17)31(29-18-8-4-2-5-9-18)19-11-13-20(14-12-19)34-15-7-3-6-10-22(32)30-33/h11-14,16,18,29,33H,2-10,15H2,1H3,(H,30,32)(H,25,26,27,28). The van der Waals surface area contributed by atoms with Crippen LogP contribution in [-0.4, -0.2) is 43.7 Å². The molecule has 4 N–H and O–H groups in total. The largest absolute Gasteiger partial charge is 0.494 e. The molecule has 1 amide bonds. The van der Waals surface area contributed by atoms with Crippen LogP contribution in [0.5, 0.6) is 5.75 Å². The Morgan fingerprint density at radius 3 is 2.71 bits per heavy atom. The number of carbonyl (C=O) groups excluding carboxylic acids is 1. The van der Waals surface area contributed by atoms with Gasteiger partial charge < -0.3 is 9.72 Å². The predicted molar refractivity (Wildman–Crippen MR) is 129 cm³/mol. The first-order valence-corrected chi connectivity index (χ1v) is 12.0. The van der Waals surface area contributed by atoms with Crippen molar-refractivity contribution in [2.75, 3.05) is 11.6 Å². The quantitative estimate of drug-likeness (QED) is 0.189. The summed E-state index contributed by atoms with van der Waals surface area (Å²) in [6, 6.07) is 8.26. The fourth-order valence-electron chi connectivity index (χ4n) is 4.19. The van der Waals surface area contributed by atoms with Gasteiger partial charge in [-0.3, -0.25) is 10.0 Å². The molecule has 4 rings (SSSR count). The lowest BCUT2D eigenvalue weighted by Crippen LogP contribution is -2.43. The monoisotopic (exact) mass is 467 g/mol. The molecular weight excluding hydrogens is 434 g/mol. The highest BCUT2D eigenvalue weighted by molar-refractivity contribution is 5.74. The summed E-state index contributed by atoms with van der Waals surface area (Å²) < 4.78 is 5.86. The molecule has 2 heterocycles. The van der Waals surface area contributed by atoms with E-state index in [0.29, 0.717) is 30.7 Å². The zero-order chi connectivity index (χ0) is 23.8. The number of hydrazine groups is 1. The van der Waals surface area contributed by atoms with Crippen LogP contribution in [0.1, 0.15) is 63.6 Å². The number of ether oxygens (including phenoxy) is 1. The Balaban J connectivity index is 1.41. The van der Waals surface area contributed by atoms with Crippen molar-refractivity contribution in [3.63, 3.8) is 0 Å². The van der Waals surface area contributed by atoms with Gasteiger partial charge in [0.15, 0.2) is 5.65 Å². The number of aryl methyl sites for hydroxylation is 1. The number of benzene rings is 1. The number of amides is 1. The lowest BCUT2D eigenvalue weighted by Gasteiger charge is -2.31. The lowest BCUT2D eigenvalue weighted by molar-refractivity contribution is -0.129. The summed E-state index contributed by atoms with van der Waals surface area (Å²) in [4.78, 5) is 27.9. The number of imidazole rings is 1. The van der Waals surface area contributed by atoms with Gasteiger partial charge in [0.05, 0.1) is 18.5 Å². The molecule has 182 valence electrons. The van der Waals surface area contributed by atoms with Crippen LogP contribution in [0, 0.1) is 6.92 Å². The van der Waals surface area contributed by atoms with E-state index in [0.717, 1.165) is 54.9 Å². The molecular formula is C24H33N7O3. The second kappa shape index (κ2) is 11.8. The van der Waals surface area contributed by atoms with Gasteiger partial charge in [0.1, 0.15) is 17.1 Å². The Kier molecular flexibility index (Phi) is 8.26. The van der Waals surface area contributed by atoms with Gasteiger partial charge in [0, 0.05) is 12.5 Å². The zero-order valence-electron chi connectivity index (χ0n) is 19.6. The molecule has 1 fully saturated rings. The highest BCUT2D eigenvalue weighted by Gasteiger charge is 2.21. The van der Waals surface area contributed by atoms with Crippen molar-refractivity contribution in [1.82, 2.24) is 30.8 Å². The van der Waals surface area contributed by atoms with Crippen LogP contribution in [0.3, 0.4) is 0 Å². The second-order valence-electron chi connectivity index (χ2n) is 8.72. The molecule has 0 aliphatic heterocycles. The molecule has 2 aromatic heterocycles. The molecule has 1 aromatic carbocycles. The summed E-state index contributed by atoms with van der Waals surface area (Å²) in [7, 11) is 0. The smallest absolute Gasteiger partial charge is 0.247 e. The van der Waals surface area contributed by atoms with Crippen molar-refractivity contribution in [2.45, 2.75) is 70.8 Å². The zero-order valence-corrected chi connectivity index (χ0v) is 19.6. The maximum atomic E-state index is 11.0. The first-order valence-electron chi connectivity index (χ1n) is 12.0. The highest BCUT2D eigenvalue weighted by atomic mass is 16.5. The lowest BCUT2D eigenvalue weighted by atomic mass is 9.96. The van der Waals surface area contributed by atoms with Gasteiger partial charge in [-0.25, -0.2) is 25.9 Å². The molecule has 0 radical (unpaired) electrons. The first kappa shape index (κ1) is 23.9. The van der Waals surface area contributed by atoms with Crippen molar-refractivity contribution in [1.29, 1.82) is 0 Å². The average molecular weight is 468 g/mol. The maximum Gasteiger partial charge on any atom is 0.247 e. The van der Waals surface area contributed by atoms with Gasteiger partial charge in [-0.1, -0.05) is 19.3 Å². The van der Waals surface area contributed by atoms with E-state index >= 15 is 0 Å². The molecule has 3 aromatic rings. The third-order valence-corrected chi connectivity index (χ3v) is 6.00. The Bertz CT molecular complexity index is 1060. The Hall–Kier alpha value is -3.24. The molecule has 34 heavy (non-hydrogen) atoms. The number of hydrogen-bond acceptors (Lipinski definition) is 8. The number of anilines is 2. The van der Waals surface area contributed by atoms with E-state index in [1.165, 1.54) is 19.3 Å². The fourth-order valence-corrected chi connectivity index (χ4v) is 4.19. The topological polar surface area (TPSA) is 128 Å². The van der Waals surface area contributed by atoms with Gasteiger partial charge in [-0.05, 0) is 63.3 Å². The second-order valence-corrected chi connectivity index (χ2v) is 8.72. The Morgan fingerprint density at radius 2 is 1.94 bits per heavy atom. The molecule has 10 nitrogen and oxygen atoms in total. The van der Waals surface area contributed by atoms with Crippen molar-refractivity contribution in [3.8, 4) is 5.75 Å². The molecule has 10 heteroatoms. The number of hydroxylamine groups is 1. The van der Waals surface area contributed by atoms with Crippen LogP contribution >= 0.6 is 0 Å². The van der Waals surface area contributed by atoms with Crippen LogP contribution in [0.15, 0.2) is 30.5 Å². The minimum absolute atomic E-state index is 0.320. The summed E-state index contributed by atoms with van der Waals surface area (Å²) in [5.74, 6) is 1.80. The van der Waals surface area contributed by atoms with Crippen LogP contribution in [0.25, 0.3) is 11.2 Å². The van der Waals surface area contributed by atoms with E-state index in [-0.39, 0.29) is 5.91 Å². The van der Waals surface area contributed by atoms with Crippen LogP contribution in [-0.2, 0) is 4.79 Å². The minimum atomic E-state index is -0.353. The van der Waals surface area contributed by atoms with E-state index in [1.807, 2.05) is 36.2 Å². The molecule has 0 saturated heterocycles. The molecule has 0 unspecified atom stereocenters. The van der Waals surface area contributed by atoms with Crippen molar-refractivity contribution in [2.24, 2.45) is 0 Å².